The number of halogens is 3. The second-order valence-corrected chi connectivity index (χ2v) is 6.01. The van der Waals surface area contributed by atoms with Crippen molar-refractivity contribution >= 4 is 45.8 Å². The third-order valence-electron chi connectivity index (χ3n) is 2.62. The second kappa shape index (κ2) is 5.63. The largest absolute Gasteiger partial charge is 0.310 e. The van der Waals surface area contributed by atoms with Gasteiger partial charge in [0.15, 0.2) is 0 Å². The molecule has 0 bridgehead atoms. The third-order valence-corrected chi connectivity index (χ3v) is 4.35. The van der Waals surface area contributed by atoms with Crippen LogP contribution < -0.4 is 5.56 Å². The van der Waals surface area contributed by atoms with E-state index < -0.39 is 0 Å². The maximum absolute atomic E-state index is 11.9. The molecule has 0 radical (unpaired) electrons. The van der Waals surface area contributed by atoms with Gasteiger partial charge in [-0.3, -0.25) is 4.79 Å². The van der Waals surface area contributed by atoms with Crippen molar-refractivity contribution in [3.05, 3.63) is 65.6 Å². The molecule has 0 fully saturated rings. The maximum Gasteiger partial charge on any atom is 0.251 e. The van der Waals surface area contributed by atoms with Crippen LogP contribution in [0, 0.1) is 10.5 Å². The van der Waals surface area contributed by atoms with Crippen molar-refractivity contribution in [1.82, 2.24) is 4.57 Å². The van der Waals surface area contributed by atoms with Crippen LogP contribution in [-0.2, 0) is 6.54 Å². The summed E-state index contributed by atoms with van der Waals surface area (Å²) in [6, 6.07) is 6.88. The van der Waals surface area contributed by atoms with Gasteiger partial charge in [-0.05, 0) is 58.8 Å². The normalized spacial score (nSPS) is 10.7. The Labute approximate surface area is 129 Å². The SMILES string of the molecule is Cc1cc(=O)n(Cc2cc(Cl)ccc2Cl)cc1I. The molecule has 0 aliphatic heterocycles. The molecule has 94 valence electrons. The predicted octanol–water partition coefficient (Wildman–Crippen LogP) is 4.12. The van der Waals surface area contributed by atoms with E-state index in [2.05, 4.69) is 22.6 Å². The Morgan fingerprint density at radius 1 is 1.28 bits per heavy atom. The number of aromatic nitrogens is 1. The van der Waals surface area contributed by atoms with E-state index in [4.69, 9.17) is 23.2 Å². The minimum atomic E-state index is -0.0380. The van der Waals surface area contributed by atoms with E-state index in [1.807, 2.05) is 13.1 Å². The van der Waals surface area contributed by atoms with Gasteiger partial charge in [0.05, 0.1) is 6.54 Å². The fourth-order valence-corrected chi connectivity index (χ4v) is 2.47. The number of aryl methyl sites for hydroxylation is 1. The zero-order valence-corrected chi connectivity index (χ0v) is 13.3. The van der Waals surface area contributed by atoms with Crippen LogP contribution in [0.1, 0.15) is 11.1 Å². The number of rotatable bonds is 2. The highest BCUT2D eigenvalue weighted by molar-refractivity contribution is 14.1. The summed E-state index contributed by atoms with van der Waals surface area (Å²) in [5.74, 6) is 0. The molecule has 0 unspecified atom stereocenters. The van der Waals surface area contributed by atoms with Gasteiger partial charge in [-0.1, -0.05) is 23.2 Å². The van der Waals surface area contributed by atoms with Gasteiger partial charge in [-0.25, -0.2) is 0 Å². The molecular formula is C13H10Cl2INO. The van der Waals surface area contributed by atoms with Crippen molar-refractivity contribution in [2.45, 2.75) is 13.5 Å². The molecule has 5 heteroatoms. The Balaban J connectivity index is 2.43. The fraction of sp³-hybridized carbons (Fsp3) is 0.154. The van der Waals surface area contributed by atoms with Gasteiger partial charge >= 0.3 is 0 Å². The highest BCUT2D eigenvalue weighted by atomic mass is 127. The maximum atomic E-state index is 11.9. The van der Waals surface area contributed by atoms with E-state index in [1.54, 1.807) is 28.8 Å². The Bertz CT molecular complexity index is 652. The molecule has 0 N–H and O–H groups in total. The van der Waals surface area contributed by atoms with E-state index in [0.29, 0.717) is 16.6 Å². The zero-order valence-electron chi connectivity index (χ0n) is 9.58. The molecule has 0 amide bonds. The van der Waals surface area contributed by atoms with Gasteiger partial charge in [-0.15, -0.1) is 0 Å². The molecule has 18 heavy (non-hydrogen) atoms. The van der Waals surface area contributed by atoms with Gasteiger partial charge in [0.25, 0.3) is 5.56 Å². The van der Waals surface area contributed by atoms with Crippen molar-refractivity contribution in [2.24, 2.45) is 0 Å². The molecule has 0 atom stereocenters. The molecule has 1 heterocycles. The van der Waals surface area contributed by atoms with Crippen LogP contribution >= 0.6 is 45.8 Å². The smallest absolute Gasteiger partial charge is 0.251 e. The molecule has 2 aromatic rings. The molecule has 1 aromatic carbocycles. The number of hydrogen-bond donors (Lipinski definition) is 0. The van der Waals surface area contributed by atoms with Crippen LogP contribution in [0.25, 0.3) is 0 Å². The lowest BCUT2D eigenvalue weighted by Crippen LogP contribution is -2.20. The van der Waals surface area contributed by atoms with Crippen molar-refractivity contribution in [3.8, 4) is 0 Å². The lowest BCUT2D eigenvalue weighted by molar-refractivity contribution is 0.753. The van der Waals surface area contributed by atoms with Crippen molar-refractivity contribution in [1.29, 1.82) is 0 Å². The summed E-state index contributed by atoms with van der Waals surface area (Å²) in [6.45, 7) is 2.34. The van der Waals surface area contributed by atoms with E-state index in [9.17, 15) is 4.79 Å². The molecule has 2 rings (SSSR count). The van der Waals surface area contributed by atoms with Crippen LogP contribution in [0.4, 0.5) is 0 Å². The van der Waals surface area contributed by atoms with Gasteiger partial charge in [0.2, 0.25) is 0 Å². The van der Waals surface area contributed by atoms with Crippen LogP contribution in [0.2, 0.25) is 10.0 Å². The van der Waals surface area contributed by atoms with Crippen molar-refractivity contribution < 1.29 is 0 Å². The molecule has 0 aliphatic rings. The Morgan fingerprint density at radius 2 is 2.00 bits per heavy atom. The minimum absolute atomic E-state index is 0.0380. The summed E-state index contributed by atoms with van der Waals surface area (Å²) in [4.78, 5) is 11.9. The summed E-state index contributed by atoms with van der Waals surface area (Å²) >= 11 is 14.2. The number of nitrogens with zero attached hydrogens (tertiary/aromatic N) is 1. The third kappa shape index (κ3) is 3.08. The van der Waals surface area contributed by atoms with Crippen molar-refractivity contribution in [3.63, 3.8) is 0 Å². The van der Waals surface area contributed by atoms with Gasteiger partial charge in [0.1, 0.15) is 0 Å². The number of pyridine rings is 1. The Morgan fingerprint density at radius 3 is 2.72 bits per heavy atom. The number of benzene rings is 1. The topological polar surface area (TPSA) is 22.0 Å². The highest BCUT2D eigenvalue weighted by Crippen LogP contribution is 2.21. The quantitative estimate of drug-likeness (QED) is 0.703. The highest BCUT2D eigenvalue weighted by Gasteiger charge is 2.06. The molecule has 1 aromatic heterocycles. The average Bonchev–Trinajstić information content (AvgIpc) is 2.30. The second-order valence-electron chi connectivity index (χ2n) is 4.01. The first-order valence-electron chi connectivity index (χ1n) is 5.28. The van der Waals surface area contributed by atoms with E-state index in [-0.39, 0.29) is 5.56 Å². The standard InChI is InChI=1S/C13H10Cl2INO/c1-8-4-13(18)17(7-12(8)16)6-9-5-10(14)2-3-11(9)15/h2-5,7H,6H2,1H3. The average molecular weight is 394 g/mol. The van der Waals surface area contributed by atoms with Gasteiger partial charge in [0, 0.05) is 25.9 Å². The first-order valence-corrected chi connectivity index (χ1v) is 7.11. The minimum Gasteiger partial charge on any atom is -0.310 e. The van der Waals surface area contributed by atoms with E-state index in [0.717, 1.165) is 14.7 Å². The molecule has 0 spiro atoms. The van der Waals surface area contributed by atoms with Crippen LogP contribution in [0.3, 0.4) is 0 Å². The first-order chi connectivity index (χ1) is 8.47. The van der Waals surface area contributed by atoms with Crippen LogP contribution in [0.5, 0.6) is 0 Å². The summed E-state index contributed by atoms with van der Waals surface area (Å²) < 4.78 is 2.68. The monoisotopic (exact) mass is 393 g/mol. The van der Waals surface area contributed by atoms with Crippen molar-refractivity contribution in [2.75, 3.05) is 0 Å². The van der Waals surface area contributed by atoms with Crippen LogP contribution in [-0.4, -0.2) is 4.57 Å². The fourth-order valence-electron chi connectivity index (χ4n) is 1.61. The molecule has 0 saturated carbocycles. The number of hydrogen-bond acceptors (Lipinski definition) is 1. The van der Waals surface area contributed by atoms with Crippen LogP contribution in [0.15, 0.2) is 35.3 Å². The summed E-state index contributed by atoms with van der Waals surface area (Å²) in [7, 11) is 0. The molecule has 0 saturated heterocycles. The molecular weight excluding hydrogens is 384 g/mol. The van der Waals surface area contributed by atoms with Gasteiger partial charge < -0.3 is 4.57 Å². The first kappa shape index (κ1) is 13.9. The Kier molecular flexibility index (Phi) is 4.35. The zero-order chi connectivity index (χ0) is 13.3. The van der Waals surface area contributed by atoms with Gasteiger partial charge in [-0.2, -0.15) is 0 Å². The summed E-state index contributed by atoms with van der Waals surface area (Å²) in [5.41, 5.74) is 1.78. The molecule has 0 aliphatic carbocycles. The lowest BCUT2D eigenvalue weighted by atomic mass is 10.2. The summed E-state index contributed by atoms with van der Waals surface area (Å²) in [6.07, 6.45) is 1.83. The predicted molar refractivity (Wildman–Crippen MR) is 83.7 cm³/mol. The molecule has 2 nitrogen and oxygen atoms in total. The Hall–Kier alpha value is -0.520. The lowest BCUT2D eigenvalue weighted by Gasteiger charge is -2.09. The van der Waals surface area contributed by atoms with E-state index in [1.165, 1.54) is 0 Å². The summed E-state index contributed by atoms with van der Waals surface area (Å²) in [5, 5.41) is 1.23. The van der Waals surface area contributed by atoms with E-state index >= 15 is 0 Å².